The third kappa shape index (κ3) is 3.40. The van der Waals surface area contributed by atoms with Crippen LogP contribution in [0, 0.1) is 5.92 Å². The zero-order chi connectivity index (χ0) is 15.0. The SMILES string of the molecule is O=S(=O)(c1cc(Br)sc1Br)N1CCC(C2CCCN2)CC1. The number of nitrogens with one attached hydrogen (secondary N) is 1. The number of hydrogen-bond donors (Lipinski definition) is 1. The van der Waals surface area contributed by atoms with Crippen LogP contribution < -0.4 is 5.32 Å². The van der Waals surface area contributed by atoms with Crippen LogP contribution in [-0.4, -0.2) is 38.4 Å². The van der Waals surface area contributed by atoms with E-state index < -0.39 is 10.0 Å². The van der Waals surface area contributed by atoms with Crippen molar-refractivity contribution in [2.45, 2.75) is 36.6 Å². The minimum absolute atomic E-state index is 0.386. The predicted octanol–water partition coefficient (Wildman–Crippen LogP) is 3.43. The smallest absolute Gasteiger partial charge is 0.245 e. The zero-order valence-corrected chi connectivity index (χ0v) is 16.3. The van der Waals surface area contributed by atoms with Crippen LogP contribution in [0.3, 0.4) is 0 Å². The fourth-order valence-corrected chi connectivity index (χ4v) is 8.50. The van der Waals surface area contributed by atoms with Crippen molar-refractivity contribution in [3.05, 3.63) is 13.6 Å². The van der Waals surface area contributed by atoms with E-state index in [9.17, 15) is 8.42 Å². The molecule has 0 aliphatic carbocycles. The minimum atomic E-state index is -3.37. The maximum Gasteiger partial charge on any atom is 0.245 e. The first-order valence-corrected chi connectivity index (χ1v) is 11.0. The van der Waals surface area contributed by atoms with Gasteiger partial charge in [0.15, 0.2) is 0 Å². The fourth-order valence-electron chi connectivity index (χ4n) is 3.27. The van der Waals surface area contributed by atoms with Gasteiger partial charge in [-0.05, 0) is 76.1 Å². The first-order chi connectivity index (χ1) is 9.98. The number of halogens is 2. The van der Waals surface area contributed by atoms with Crippen molar-refractivity contribution in [1.29, 1.82) is 0 Å². The van der Waals surface area contributed by atoms with Crippen molar-refractivity contribution >= 4 is 53.2 Å². The Hall–Kier alpha value is 0.530. The Labute approximate surface area is 146 Å². The Balaban J connectivity index is 1.69. The van der Waals surface area contributed by atoms with Gasteiger partial charge in [0.1, 0.15) is 4.90 Å². The molecule has 0 bridgehead atoms. The van der Waals surface area contributed by atoms with Crippen LogP contribution in [0.1, 0.15) is 25.7 Å². The second kappa shape index (κ2) is 6.57. The predicted molar refractivity (Wildman–Crippen MR) is 92.2 cm³/mol. The highest BCUT2D eigenvalue weighted by Crippen LogP contribution is 2.37. The largest absolute Gasteiger partial charge is 0.314 e. The highest BCUT2D eigenvalue weighted by Gasteiger charge is 2.34. The van der Waals surface area contributed by atoms with Gasteiger partial charge in [-0.25, -0.2) is 8.42 Å². The Morgan fingerprint density at radius 3 is 2.48 bits per heavy atom. The number of thiophene rings is 1. The van der Waals surface area contributed by atoms with Crippen LogP contribution >= 0.6 is 43.2 Å². The van der Waals surface area contributed by atoms with Crippen LogP contribution in [0.2, 0.25) is 0 Å². The van der Waals surface area contributed by atoms with Crippen LogP contribution in [0.5, 0.6) is 0 Å². The summed E-state index contributed by atoms with van der Waals surface area (Å²) in [7, 11) is -3.37. The summed E-state index contributed by atoms with van der Waals surface area (Å²) in [5.74, 6) is 0.622. The molecule has 118 valence electrons. The molecular weight excluding hydrogens is 440 g/mol. The van der Waals surface area contributed by atoms with Crippen molar-refractivity contribution in [2.24, 2.45) is 5.92 Å². The van der Waals surface area contributed by atoms with E-state index in [1.54, 1.807) is 10.4 Å². The molecule has 1 aromatic rings. The van der Waals surface area contributed by atoms with E-state index in [2.05, 4.69) is 37.2 Å². The molecule has 2 saturated heterocycles. The minimum Gasteiger partial charge on any atom is -0.314 e. The van der Waals surface area contributed by atoms with Gasteiger partial charge < -0.3 is 5.32 Å². The summed E-state index contributed by atoms with van der Waals surface area (Å²) < 4.78 is 28.6. The van der Waals surface area contributed by atoms with Crippen LogP contribution in [0.15, 0.2) is 18.5 Å². The monoisotopic (exact) mass is 456 g/mol. The van der Waals surface area contributed by atoms with Crippen LogP contribution in [0.4, 0.5) is 0 Å². The lowest BCUT2D eigenvalue weighted by Crippen LogP contribution is -2.43. The molecule has 8 heteroatoms. The Bertz CT molecular complexity index is 604. The van der Waals surface area contributed by atoms with Crippen molar-refractivity contribution in [3.8, 4) is 0 Å². The first kappa shape index (κ1) is 16.4. The van der Waals surface area contributed by atoms with Gasteiger partial charge in [-0.2, -0.15) is 4.31 Å². The third-order valence-corrected chi connectivity index (χ3v) is 9.06. The highest BCUT2D eigenvalue weighted by molar-refractivity contribution is 9.12. The lowest BCUT2D eigenvalue weighted by atomic mass is 9.89. The lowest BCUT2D eigenvalue weighted by molar-refractivity contribution is 0.234. The van der Waals surface area contributed by atoms with Gasteiger partial charge in [0.2, 0.25) is 10.0 Å². The van der Waals surface area contributed by atoms with Gasteiger partial charge in [0.05, 0.1) is 7.57 Å². The quantitative estimate of drug-likeness (QED) is 0.756. The van der Waals surface area contributed by atoms with E-state index in [4.69, 9.17) is 0 Å². The Kier molecular flexibility index (Phi) is 5.13. The first-order valence-electron chi connectivity index (χ1n) is 7.17. The second-order valence-electron chi connectivity index (χ2n) is 5.63. The number of rotatable bonds is 3. The van der Waals surface area contributed by atoms with E-state index in [1.165, 1.54) is 24.2 Å². The van der Waals surface area contributed by atoms with Gasteiger partial charge in [-0.3, -0.25) is 0 Å². The molecule has 2 aliphatic heterocycles. The molecule has 4 nitrogen and oxygen atoms in total. The van der Waals surface area contributed by atoms with Crippen molar-refractivity contribution < 1.29 is 8.42 Å². The summed E-state index contributed by atoms with van der Waals surface area (Å²) in [5, 5.41) is 3.54. The third-order valence-electron chi connectivity index (χ3n) is 4.41. The molecular formula is C13H18Br2N2O2S2. The lowest BCUT2D eigenvalue weighted by Gasteiger charge is -2.34. The number of sulfonamides is 1. The summed E-state index contributed by atoms with van der Waals surface area (Å²) in [5.41, 5.74) is 0. The van der Waals surface area contributed by atoms with Crippen molar-refractivity contribution in [2.75, 3.05) is 19.6 Å². The van der Waals surface area contributed by atoms with Crippen molar-refractivity contribution in [1.82, 2.24) is 9.62 Å². The van der Waals surface area contributed by atoms with Crippen molar-refractivity contribution in [3.63, 3.8) is 0 Å². The molecule has 3 heterocycles. The molecule has 1 N–H and O–H groups in total. The van der Waals surface area contributed by atoms with Gasteiger partial charge in [0.25, 0.3) is 0 Å². The van der Waals surface area contributed by atoms with E-state index in [0.29, 0.717) is 33.7 Å². The molecule has 2 aliphatic rings. The number of hydrogen-bond acceptors (Lipinski definition) is 4. The summed E-state index contributed by atoms with van der Waals surface area (Å²) >= 11 is 8.11. The maximum atomic E-state index is 12.7. The average Bonchev–Trinajstić information content (AvgIpc) is 3.09. The van der Waals surface area contributed by atoms with Gasteiger partial charge in [-0.1, -0.05) is 0 Å². The molecule has 1 unspecified atom stereocenters. The molecule has 0 saturated carbocycles. The average molecular weight is 458 g/mol. The molecule has 0 aromatic carbocycles. The van der Waals surface area contributed by atoms with Crippen LogP contribution in [0.25, 0.3) is 0 Å². The van der Waals surface area contributed by atoms with E-state index in [-0.39, 0.29) is 0 Å². The van der Waals surface area contributed by atoms with E-state index >= 15 is 0 Å². The molecule has 3 rings (SSSR count). The molecule has 1 aromatic heterocycles. The highest BCUT2D eigenvalue weighted by atomic mass is 79.9. The van der Waals surface area contributed by atoms with E-state index in [1.807, 2.05) is 0 Å². The molecule has 0 radical (unpaired) electrons. The zero-order valence-electron chi connectivity index (χ0n) is 11.5. The summed E-state index contributed by atoms with van der Waals surface area (Å²) in [6, 6.07) is 2.28. The second-order valence-corrected chi connectivity index (χ2v) is 11.3. The summed E-state index contributed by atoms with van der Waals surface area (Å²) in [6.07, 6.45) is 4.40. The fraction of sp³-hybridized carbons (Fsp3) is 0.692. The normalized spacial score (nSPS) is 25.5. The van der Waals surface area contributed by atoms with Gasteiger partial charge in [-0.15, -0.1) is 11.3 Å². The topological polar surface area (TPSA) is 49.4 Å². The Morgan fingerprint density at radius 2 is 1.95 bits per heavy atom. The molecule has 1 atom stereocenters. The van der Waals surface area contributed by atoms with Gasteiger partial charge in [0, 0.05) is 19.1 Å². The number of nitrogens with zero attached hydrogens (tertiary/aromatic N) is 1. The van der Waals surface area contributed by atoms with Crippen LogP contribution in [-0.2, 0) is 10.0 Å². The summed E-state index contributed by atoms with van der Waals surface area (Å²) in [6.45, 7) is 2.37. The molecule has 21 heavy (non-hydrogen) atoms. The summed E-state index contributed by atoms with van der Waals surface area (Å²) in [4.78, 5) is 0.386. The molecule has 2 fully saturated rings. The molecule has 0 spiro atoms. The van der Waals surface area contributed by atoms with Gasteiger partial charge >= 0.3 is 0 Å². The Morgan fingerprint density at radius 1 is 1.24 bits per heavy atom. The molecule has 0 amide bonds. The number of piperidine rings is 1. The maximum absolute atomic E-state index is 12.7. The standard InChI is InChI=1S/C13H18Br2N2O2S2/c14-12-8-11(13(15)20-12)21(18,19)17-6-3-9(4-7-17)10-2-1-5-16-10/h8-10,16H,1-7H2. The van der Waals surface area contributed by atoms with E-state index in [0.717, 1.165) is 23.2 Å².